The Morgan fingerprint density at radius 1 is 1.36 bits per heavy atom. The molecule has 76 valence electrons. The summed E-state index contributed by atoms with van der Waals surface area (Å²) in [4.78, 5) is 9.12. The van der Waals surface area contributed by atoms with E-state index >= 15 is 0 Å². The van der Waals surface area contributed by atoms with Crippen molar-refractivity contribution < 1.29 is 18.5 Å². The molecular formula is C9H11O4P. The van der Waals surface area contributed by atoms with Crippen molar-refractivity contribution in [1.82, 2.24) is 0 Å². The molecule has 2 unspecified atom stereocenters. The fourth-order valence-electron chi connectivity index (χ4n) is 1.41. The Kier molecular flexibility index (Phi) is 2.70. The molecule has 1 N–H and O–H groups in total. The monoisotopic (exact) mass is 214 g/mol. The van der Waals surface area contributed by atoms with Gasteiger partial charge in [-0.25, -0.2) is 4.57 Å². The van der Waals surface area contributed by atoms with Crippen LogP contribution in [0.4, 0.5) is 0 Å². The van der Waals surface area contributed by atoms with Crippen LogP contribution < -0.4 is 0 Å². The molecular weight excluding hydrogens is 203 g/mol. The predicted molar refractivity (Wildman–Crippen MR) is 50.7 cm³/mol. The minimum atomic E-state index is -3.81. The van der Waals surface area contributed by atoms with Crippen molar-refractivity contribution in [3.05, 3.63) is 35.9 Å². The standard InChI is InChI=1S/C9H11O4P/c10-14(11)12-7-6-9(13-14)8-4-2-1-3-5-8/h1-5,9H,6-7H2,(H,10,11). The molecule has 1 aliphatic heterocycles. The lowest BCUT2D eigenvalue weighted by atomic mass is 10.1. The summed E-state index contributed by atoms with van der Waals surface area (Å²) in [5, 5.41) is 0. The molecule has 1 saturated heterocycles. The van der Waals surface area contributed by atoms with E-state index in [0.717, 1.165) is 5.56 Å². The van der Waals surface area contributed by atoms with Crippen molar-refractivity contribution in [1.29, 1.82) is 0 Å². The Balaban J connectivity index is 2.16. The molecule has 0 spiro atoms. The Hall–Kier alpha value is -0.670. The first-order valence-corrected chi connectivity index (χ1v) is 5.88. The molecule has 5 heteroatoms. The van der Waals surface area contributed by atoms with Crippen LogP contribution >= 0.6 is 7.82 Å². The summed E-state index contributed by atoms with van der Waals surface area (Å²) < 4.78 is 20.7. The molecule has 0 aliphatic carbocycles. The van der Waals surface area contributed by atoms with Crippen LogP contribution in [-0.4, -0.2) is 11.5 Å². The summed E-state index contributed by atoms with van der Waals surface area (Å²) in [6.45, 7) is 0.257. The maximum absolute atomic E-state index is 11.1. The topological polar surface area (TPSA) is 55.8 Å². The van der Waals surface area contributed by atoms with Gasteiger partial charge in [0, 0.05) is 6.42 Å². The molecule has 0 amide bonds. The SMILES string of the molecule is O=P1(O)OCCC(c2ccccc2)O1. The third-order valence-corrected chi connectivity index (χ3v) is 3.10. The number of hydrogen-bond donors (Lipinski definition) is 1. The van der Waals surface area contributed by atoms with E-state index < -0.39 is 7.82 Å². The molecule has 1 fully saturated rings. The van der Waals surface area contributed by atoms with Crippen LogP contribution in [0.25, 0.3) is 0 Å². The number of phosphoric ester groups is 1. The van der Waals surface area contributed by atoms with Gasteiger partial charge >= 0.3 is 7.82 Å². The van der Waals surface area contributed by atoms with E-state index in [1.165, 1.54) is 0 Å². The highest BCUT2D eigenvalue weighted by Gasteiger charge is 2.32. The molecule has 2 atom stereocenters. The van der Waals surface area contributed by atoms with Gasteiger partial charge in [0.25, 0.3) is 0 Å². The highest BCUT2D eigenvalue weighted by Crippen LogP contribution is 2.52. The quantitative estimate of drug-likeness (QED) is 0.728. The van der Waals surface area contributed by atoms with E-state index in [2.05, 4.69) is 4.52 Å². The zero-order chi connectivity index (χ0) is 10.0. The van der Waals surface area contributed by atoms with Gasteiger partial charge in [-0.1, -0.05) is 30.3 Å². The van der Waals surface area contributed by atoms with E-state index in [1.807, 2.05) is 30.3 Å². The van der Waals surface area contributed by atoms with Gasteiger partial charge < -0.3 is 4.89 Å². The van der Waals surface area contributed by atoms with Gasteiger partial charge in [0.1, 0.15) is 0 Å². The van der Waals surface area contributed by atoms with Crippen LogP contribution in [0.15, 0.2) is 30.3 Å². The summed E-state index contributed by atoms with van der Waals surface area (Å²) in [6.07, 6.45) is 0.273. The summed E-state index contributed by atoms with van der Waals surface area (Å²) in [7, 11) is -3.81. The molecule has 0 aromatic heterocycles. The molecule has 1 aliphatic rings. The summed E-state index contributed by atoms with van der Waals surface area (Å²) in [6, 6.07) is 9.38. The molecule has 2 rings (SSSR count). The van der Waals surface area contributed by atoms with Gasteiger partial charge in [0.05, 0.1) is 12.7 Å². The largest absolute Gasteiger partial charge is 0.472 e. The fourth-order valence-corrected chi connectivity index (χ4v) is 2.36. The first kappa shape index (κ1) is 9.87. The van der Waals surface area contributed by atoms with Crippen molar-refractivity contribution in [2.45, 2.75) is 12.5 Å². The first-order chi connectivity index (χ1) is 6.67. The van der Waals surface area contributed by atoms with Gasteiger partial charge in [-0.15, -0.1) is 0 Å². The zero-order valence-corrected chi connectivity index (χ0v) is 8.39. The highest BCUT2D eigenvalue weighted by atomic mass is 31.2. The van der Waals surface area contributed by atoms with Crippen LogP contribution in [0.2, 0.25) is 0 Å². The van der Waals surface area contributed by atoms with Crippen molar-refractivity contribution >= 4 is 7.82 Å². The summed E-state index contributed by atoms with van der Waals surface area (Å²) in [5.41, 5.74) is 0.907. The maximum Gasteiger partial charge on any atom is 0.472 e. The minimum Gasteiger partial charge on any atom is -0.302 e. The van der Waals surface area contributed by atoms with Crippen molar-refractivity contribution in [3.63, 3.8) is 0 Å². The maximum atomic E-state index is 11.1. The van der Waals surface area contributed by atoms with Crippen molar-refractivity contribution in [2.24, 2.45) is 0 Å². The van der Waals surface area contributed by atoms with Crippen molar-refractivity contribution in [3.8, 4) is 0 Å². The minimum absolute atomic E-state index is 0.257. The number of hydrogen-bond acceptors (Lipinski definition) is 3. The highest BCUT2D eigenvalue weighted by molar-refractivity contribution is 7.47. The van der Waals surface area contributed by atoms with Crippen LogP contribution in [0.3, 0.4) is 0 Å². The van der Waals surface area contributed by atoms with Gasteiger partial charge in [-0.2, -0.15) is 0 Å². The van der Waals surface area contributed by atoms with Gasteiger partial charge in [-0.3, -0.25) is 9.05 Å². The average Bonchev–Trinajstić information content (AvgIpc) is 2.18. The number of phosphoric acid groups is 1. The number of rotatable bonds is 1. The van der Waals surface area contributed by atoms with E-state index in [0.29, 0.717) is 6.42 Å². The predicted octanol–water partition coefficient (Wildman–Crippen LogP) is 2.26. The average molecular weight is 214 g/mol. The fraction of sp³-hybridized carbons (Fsp3) is 0.333. The van der Waals surface area contributed by atoms with E-state index in [-0.39, 0.29) is 12.7 Å². The summed E-state index contributed by atoms with van der Waals surface area (Å²) in [5.74, 6) is 0. The van der Waals surface area contributed by atoms with Crippen LogP contribution in [0.1, 0.15) is 18.1 Å². The number of benzene rings is 1. The molecule has 1 heterocycles. The molecule has 0 saturated carbocycles. The van der Waals surface area contributed by atoms with E-state index in [9.17, 15) is 4.57 Å². The van der Waals surface area contributed by atoms with Crippen LogP contribution in [0.5, 0.6) is 0 Å². The molecule has 4 nitrogen and oxygen atoms in total. The van der Waals surface area contributed by atoms with Gasteiger partial charge in [0.15, 0.2) is 0 Å². The summed E-state index contributed by atoms with van der Waals surface area (Å²) >= 11 is 0. The second kappa shape index (κ2) is 3.83. The second-order valence-electron chi connectivity index (χ2n) is 3.10. The molecule has 0 bridgehead atoms. The lowest BCUT2D eigenvalue weighted by Gasteiger charge is -2.25. The Morgan fingerprint density at radius 3 is 2.71 bits per heavy atom. The van der Waals surface area contributed by atoms with Crippen molar-refractivity contribution in [2.75, 3.05) is 6.61 Å². The van der Waals surface area contributed by atoms with Crippen LogP contribution in [0, 0.1) is 0 Å². The Labute approximate surface area is 82.1 Å². The molecule has 14 heavy (non-hydrogen) atoms. The normalized spacial score (nSPS) is 32.8. The Bertz CT molecular complexity index is 351. The first-order valence-electron chi connectivity index (χ1n) is 4.38. The third-order valence-electron chi connectivity index (χ3n) is 2.07. The van der Waals surface area contributed by atoms with Gasteiger partial charge in [-0.05, 0) is 5.56 Å². The lowest BCUT2D eigenvalue weighted by Crippen LogP contribution is -2.13. The Morgan fingerprint density at radius 2 is 2.07 bits per heavy atom. The zero-order valence-electron chi connectivity index (χ0n) is 7.50. The molecule has 0 radical (unpaired) electrons. The lowest BCUT2D eigenvalue weighted by molar-refractivity contribution is 0.0468. The smallest absolute Gasteiger partial charge is 0.302 e. The van der Waals surface area contributed by atoms with Crippen LogP contribution in [-0.2, 0) is 13.6 Å². The third kappa shape index (κ3) is 2.22. The van der Waals surface area contributed by atoms with E-state index in [1.54, 1.807) is 0 Å². The van der Waals surface area contributed by atoms with Gasteiger partial charge in [0.2, 0.25) is 0 Å². The molecule has 1 aromatic rings. The van der Waals surface area contributed by atoms with E-state index in [4.69, 9.17) is 9.42 Å². The molecule has 1 aromatic carbocycles. The second-order valence-corrected chi connectivity index (χ2v) is 4.50.